The van der Waals surface area contributed by atoms with Crippen LogP contribution in [-0.2, 0) is 13.0 Å². The van der Waals surface area contributed by atoms with E-state index in [0.29, 0.717) is 12.1 Å². The van der Waals surface area contributed by atoms with Gasteiger partial charge in [0.05, 0.1) is 18.2 Å². The second-order valence-electron chi connectivity index (χ2n) is 5.52. The quantitative estimate of drug-likeness (QED) is 0.293. The van der Waals surface area contributed by atoms with E-state index in [1.54, 1.807) is 6.07 Å². The molecule has 132 valence electrons. The van der Waals surface area contributed by atoms with Gasteiger partial charge < -0.3 is 10.6 Å². The first kappa shape index (κ1) is 21.0. The van der Waals surface area contributed by atoms with E-state index in [1.165, 1.54) is 5.56 Å². The number of guanidine groups is 1. The number of hydrogen-bond donors (Lipinski definition) is 2. The molecule has 2 rings (SSSR count). The van der Waals surface area contributed by atoms with Crippen molar-refractivity contribution in [3.63, 3.8) is 0 Å². The summed E-state index contributed by atoms with van der Waals surface area (Å²) in [5, 5.41) is 15.6. The molecule has 0 aliphatic rings. The highest BCUT2D eigenvalue weighted by molar-refractivity contribution is 14.0. The molecule has 2 aromatic carbocycles. The van der Waals surface area contributed by atoms with E-state index in [9.17, 15) is 0 Å². The Bertz CT molecular complexity index is 692. The van der Waals surface area contributed by atoms with Crippen LogP contribution in [0.1, 0.15) is 30.0 Å². The molecule has 0 radical (unpaired) electrons. The number of aryl methyl sites for hydroxylation is 1. The van der Waals surface area contributed by atoms with Gasteiger partial charge in [-0.2, -0.15) is 5.26 Å². The van der Waals surface area contributed by atoms with Crippen molar-refractivity contribution in [2.75, 3.05) is 13.1 Å². The van der Waals surface area contributed by atoms with Crippen LogP contribution in [0.2, 0.25) is 0 Å². The molecule has 0 aromatic heterocycles. The van der Waals surface area contributed by atoms with Gasteiger partial charge in [0.1, 0.15) is 0 Å². The summed E-state index contributed by atoms with van der Waals surface area (Å²) >= 11 is 0. The smallest absolute Gasteiger partial charge is 0.191 e. The minimum atomic E-state index is 0. The third-order valence-corrected chi connectivity index (χ3v) is 3.60. The summed E-state index contributed by atoms with van der Waals surface area (Å²) in [6.45, 7) is 4.31. The third kappa shape index (κ3) is 8.03. The molecule has 0 unspecified atom stereocenters. The summed E-state index contributed by atoms with van der Waals surface area (Å²) in [7, 11) is 0. The highest BCUT2D eigenvalue weighted by atomic mass is 127. The number of nitrogens with one attached hydrogen (secondary N) is 2. The SMILES string of the molecule is CCNC(=NCc1cccc(C#N)c1)NCCCc1ccccc1.I. The van der Waals surface area contributed by atoms with Crippen LogP contribution in [0.5, 0.6) is 0 Å². The Kier molecular flexibility index (Phi) is 10.3. The van der Waals surface area contributed by atoms with Gasteiger partial charge in [0.2, 0.25) is 0 Å². The average Bonchev–Trinajstić information content (AvgIpc) is 2.64. The van der Waals surface area contributed by atoms with E-state index in [-0.39, 0.29) is 24.0 Å². The molecule has 2 aromatic rings. The lowest BCUT2D eigenvalue weighted by molar-refractivity contribution is 0.744. The maximum Gasteiger partial charge on any atom is 0.191 e. The largest absolute Gasteiger partial charge is 0.357 e. The summed E-state index contributed by atoms with van der Waals surface area (Å²) in [6.07, 6.45) is 2.11. The van der Waals surface area contributed by atoms with Gasteiger partial charge in [-0.05, 0) is 43.0 Å². The Balaban J connectivity index is 0.00000312. The Morgan fingerprint density at radius 3 is 2.52 bits per heavy atom. The molecular weight excluding hydrogens is 423 g/mol. The van der Waals surface area contributed by atoms with Gasteiger partial charge in [-0.15, -0.1) is 24.0 Å². The van der Waals surface area contributed by atoms with Crippen molar-refractivity contribution in [1.29, 1.82) is 5.26 Å². The molecule has 0 fully saturated rings. The first-order valence-corrected chi connectivity index (χ1v) is 8.37. The van der Waals surface area contributed by atoms with E-state index < -0.39 is 0 Å². The number of halogens is 1. The normalized spacial score (nSPS) is 10.5. The van der Waals surface area contributed by atoms with Gasteiger partial charge >= 0.3 is 0 Å². The number of aliphatic imine (C=N–C) groups is 1. The van der Waals surface area contributed by atoms with Crippen LogP contribution in [0.4, 0.5) is 0 Å². The van der Waals surface area contributed by atoms with Crippen molar-refractivity contribution in [2.24, 2.45) is 4.99 Å². The lowest BCUT2D eigenvalue weighted by Crippen LogP contribution is -2.37. The van der Waals surface area contributed by atoms with Gasteiger partial charge in [-0.25, -0.2) is 4.99 Å². The molecule has 0 bridgehead atoms. The molecule has 0 amide bonds. The molecule has 0 spiro atoms. The first-order valence-electron chi connectivity index (χ1n) is 8.37. The summed E-state index contributed by atoms with van der Waals surface area (Å²) in [6, 6.07) is 20.2. The van der Waals surface area contributed by atoms with E-state index >= 15 is 0 Å². The predicted molar refractivity (Wildman–Crippen MR) is 114 cm³/mol. The topological polar surface area (TPSA) is 60.2 Å². The van der Waals surface area contributed by atoms with Crippen LogP contribution in [0.25, 0.3) is 0 Å². The molecule has 0 heterocycles. The maximum absolute atomic E-state index is 8.95. The average molecular weight is 448 g/mol. The fraction of sp³-hybridized carbons (Fsp3) is 0.300. The van der Waals surface area contributed by atoms with Crippen LogP contribution in [0.3, 0.4) is 0 Å². The molecule has 5 heteroatoms. The van der Waals surface area contributed by atoms with E-state index in [4.69, 9.17) is 5.26 Å². The minimum absolute atomic E-state index is 0. The number of hydrogen-bond acceptors (Lipinski definition) is 2. The van der Waals surface area contributed by atoms with E-state index in [1.807, 2.05) is 24.3 Å². The zero-order valence-corrected chi connectivity index (χ0v) is 16.9. The summed E-state index contributed by atoms with van der Waals surface area (Å²) in [5.41, 5.74) is 3.06. The second kappa shape index (κ2) is 12.3. The van der Waals surface area contributed by atoms with Gasteiger partial charge in [-0.3, -0.25) is 0 Å². The van der Waals surface area contributed by atoms with Gasteiger partial charge in [0, 0.05) is 13.1 Å². The fourth-order valence-electron chi connectivity index (χ4n) is 2.40. The molecule has 0 atom stereocenters. The Labute approximate surface area is 167 Å². The van der Waals surface area contributed by atoms with Gasteiger partial charge in [0.15, 0.2) is 5.96 Å². The second-order valence-corrected chi connectivity index (χ2v) is 5.52. The van der Waals surface area contributed by atoms with Crippen molar-refractivity contribution in [1.82, 2.24) is 10.6 Å². The zero-order chi connectivity index (χ0) is 17.0. The lowest BCUT2D eigenvalue weighted by Gasteiger charge is -2.11. The molecule has 0 aliphatic carbocycles. The zero-order valence-electron chi connectivity index (χ0n) is 14.5. The van der Waals surface area contributed by atoms with Crippen molar-refractivity contribution in [2.45, 2.75) is 26.3 Å². The summed E-state index contributed by atoms with van der Waals surface area (Å²) < 4.78 is 0. The van der Waals surface area contributed by atoms with Crippen LogP contribution in [0.15, 0.2) is 59.6 Å². The van der Waals surface area contributed by atoms with Crippen LogP contribution >= 0.6 is 24.0 Å². The van der Waals surface area contributed by atoms with Crippen LogP contribution < -0.4 is 10.6 Å². The Morgan fingerprint density at radius 2 is 1.80 bits per heavy atom. The number of benzene rings is 2. The van der Waals surface area contributed by atoms with E-state index in [2.05, 4.69) is 52.9 Å². The van der Waals surface area contributed by atoms with Gasteiger partial charge in [-0.1, -0.05) is 42.5 Å². The van der Waals surface area contributed by atoms with Crippen molar-refractivity contribution >= 4 is 29.9 Å². The molecule has 0 aliphatic heterocycles. The molecule has 4 nitrogen and oxygen atoms in total. The predicted octanol–water partition coefficient (Wildman–Crippen LogP) is 3.86. The Morgan fingerprint density at radius 1 is 1.04 bits per heavy atom. The molecule has 0 saturated carbocycles. The van der Waals surface area contributed by atoms with Gasteiger partial charge in [0.25, 0.3) is 0 Å². The van der Waals surface area contributed by atoms with Crippen LogP contribution in [0, 0.1) is 11.3 Å². The molecule has 25 heavy (non-hydrogen) atoms. The summed E-state index contributed by atoms with van der Waals surface area (Å²) in [5.74, 6) is 0.813. The highest BCUT2D eigenvalue weighted by Crippen LogP contribution is 2.05. The fourth-order valence-corrected chi connectivity index (χ4v) is 2.40. The number of rotatable bonds is 7. The third-order valence-electron chi connectivity index (χ3n) is 3.60. The highest BCUT2D eigenvalue weighted by Gasteiger charge is 1.99. The number of nitrogens with zero attached hydrogens (tertiary/aromatic N) is 2. The monoisotopic (exact) mass is 448 g/mol. The molecular formula is C20H25IN4. The van der Waals surface area contributed by atoms with E-state index in [0.717, 1.165) is 37.5 Å². The standard InChI is InChI=1S/C20H24N4.HI/c1-2-22-20(23-13-7-12-17-8-4-3-5-9-17)24-16-19-11-6-10-18(14-19)15-21;/h3-6,8-11,14H,2,7,12-13,16H2,1H3,(H2,22,23,24);1H. The Hall–Kier alpha value is -2.07. The lowest BCUT2D eigenvalue weighted by atomic mass is 10.1. The number of nitriles is 1. The first-order chi connectivity index (χ1) is 11.8. The minimum Gasteiger partial charge on any atom is -0.357 e. The molecule has 0 saturated heterocycles. The summed E-state index contributed by atoms with van der Waals surface area (Å²) in [4.78, 5) is 4.59. The molecule has 2 N–H and O–H groups in total. The van der Waals surface area contributed by atoms with Crippen LogP contribution in [-0.4, -0.2) is 19.0 Å². The maximum atomic E-state index is 8.95. The van der Waals surface area contributed by atoms with Crippen molar-refractivity contribution in [3.8, 4) is 6.07 Å². The van der Waals surface area contributed by atoms with Crippen molar-refractivity contribution < 1.29 is 0 Å². The van der Waals surface area contributed by atoms with Crippen molar-refractivity contribution in [3.05, 3.63) is 71.3 Å².